The van der Waals surface area contributed by atoms with Gasteiger partial charge in [0, 0.05) is 10.6 Å². The molecule has 0 fully saturated rings. The van der Waals surface area contributed by atoms with E-state index in [0.29, 0.717) is 5.75 Å². The minimum absolute atomic E-state index is 0.225. The predicted octanol–water partition coefficient (Wildman–Crippen LogP) is 1.62. The van der Waals surface area contributed by atoms with Crippen molar-refractivity contribution in [1.29, 1.82) is 0 Å². The second kappa shape index (κ2) is 6.40. The maximum atomic E-state index is 10.3. The van der Waals surface area contributed by atoms with Crippen LogP contribution < -0.4 is 4.74 Å². The smallest absolute Gasteiger partial charge is 0.306 e. The largest absolute Gasteiger partial charge is 0.497 e. The van der Waals surface area contributed by atoms with E-state index in [0.717, 1.165) is 10.6 Å². The highest BCUT2D eigenvalue weighted by molar-refractivity contribution is 7.99. The van der Waals surface area contributed by atoms with Gasteiger partial charge in [-0.1, -0.05) is 6.07 Å². The van der Waals surface area contributed by atoms with Gasteiger partial charge in [0.2, 0.25) is 0 Å². The lowest BCUT2D eigenvalue weighted by Crippen LogP contribution is -2.15. The summed E-state index contributed by atoms with van der Waals surface area (Å²) in [4.78, 5) is 11.3. The molecule has 0 radical (unpaired) electrons. The van der Waals surface area contributed by atoms with Crippen LogP contribution in [0.15, 0.2) is 29.2 Å². The molecule has 1 aromatic rings. The van der Waals surface area contributed by atoms with Crippen LogP contribution in [0.5, 0.6) is 5.75 Å². The van der Waals surface area contributed by atoms with Crippen LogP contribution >= 0.6 is 11.8 Å². The fourth-order valence-corrected chi connectivity index (χ4v) is 2.02. The quantitative estimate of drug-likeness (QED) is 0.742. The molecule has 2 N–H and O–H groups in total. The van der Waals surface area contributed by atoms with E-state index < -0.39 is 12.1 Å². The Balaban J connectivity index is 2.44. The van der Waals surface area contributed by atoms with E-state index >= 15 is 0 Å². The second-order valence-electron chi connectivity index (χ2n) is 3.24. The monoisotopic (exact) mass is 242 g/mol. The molecule has 1 rings (SSSR count). The summed E-state index contributed by atoms with van der Waals surface area (Å²) in [7, 11) is 1.59. The molecule has 4 nitrogen and oxygen atoms in total. The first-order valence-corrected chi connectivity index (χ1v) is 5.77. The Morgan fingerprint density at radius 3 is 2.94 bits per heavy atom. The van der Waals surface area contributed by atoms with E-state index in [1.165, 1.54) is 11.8 Å². The lowest BCUT2D eigenvalue weighted by atomic mass is 10.3. The van der Waals surface area contributed by atoms with Gasteiger partial charge >= 0.3 is 5.97 Å². The summed E-state index contributed by atoms with van der Waals surface area (Å²) in [6.45, 7) is 0. The normalized spacial score (nSPS) is 12.1. The molecular weight excluding hydrogens is 228 g/mol. The molecule has 0 aromatic heterocycles. The Hall–Kier alpha value is -1.20. The van der Waals surface area contributed by atoms with Gasteiger partial charge in [0.15, 0.2) is 0 Å². The maximum absolute atomic E-state index is 10.3. The fourth-order valence-electron chi connectivity index (χ4n) is 1.14. The third-order valence-corrected chi connectivity index (χ3v) is 3.03. The second-order valence-corrected chi connectivity index (χ2v) is 4.34. The number of aliphatic hydroxyl groups is 1. The first kappa shape index (κ1) is 12.9. The summed E-state index contributed by atoms with van der Waals surface area (Å²) >= 11 is 1.41. The molecule has 0 aliphatic carbocycles. The summed E-state index contributed by atoms with van der Waals surface area (Å²) in [6.07, 6.45) is -1.05. The van der Waals surface area contributed by atoms with Crippen molar-refractivity contribution in [3.8, 4) is 5.75 Å². The van der Waals surface area contributed by atoms with Crippen molar-refractivity contribution in [3.05, 3.63) is 24.3 Å². The van der Waals surface area contributed by atoms with Gasteiger partial charge in [-0.25, -0.2) is 0 Å². The molecule has 1 atom stereocenters. The third kappa shape index (κ3) is 4.55. The number of aliphatic hydroxyl groups excluding tert-OH is 1. The Morgan fingerprint density at radius 2 is 2.31 bits per heavy atom. The van der Waals surface area contributed by atoms with E-state index in [1.54, 1.807) is 7.11 Å². The van der Waals surface area contributed by atoms with Crippen LogP contribution in [0, 0.1) is 0 Å². The number of rotatable bonds is 6. The van der Waals surface area contributed by atoms with E-state index in [9.17, 15) is 9.90 Å². The minimum Gasteiger partial charge on any atom is -0.497 e. The lowest BCUT2D eigenvalue weighted by molar-refractivity contribution is -0.138. The summed E-state index contributed by atoms with van der Waals surface area (Å²) < 4.78 is 5.06. The van der Waals surface area contributed by atoms with Crippen molar-refractivity contribution >= 4 is 17.7 Å². The van der Waals surface area contributed by atoms with Gasteiger partial charge in [-0.05, 0) is 18.2 Å². The van der Waals surface area contributed by atoms with Crippen LogP contribution in [0.1, 0.15) is 6.42 Å². The highest BCUT2D eigenvalue weighted by Gasteiger charge is 2.09. The van der Waals surface area contributed by atoms with Crippen LogP contribution in [0.2, 0.25) is 0 Å². The number of carbonyl (C=O) groups is 1. The molecule has 88 valence electrons. The standard InChI is InChI=1S/C11H14O4S/c1-15-9-3-2-4-10(6-9)16-7-8(12)5-11(13)14/h2-4,6,8,12H,5,7H2,1H3,(H,13,14). The first-order chi connectivity index (χ1) is 7.61. The predicted molar refractivity (Wildman–Crippen MR) is 62.0 cm³/mol. The zero-order valence-corrected chi connectivity index (χ0v) is 9.74. The molecule has 0 spiro atoms. The van der Waals surface area contributed by atoms with Gasteiger partial charge in [0.25, 0.3) is 0 Å². The van der Waals surface area contributed by atoms with E-state index in [1.807, 2.05) is 24.3 Å². The molecule has 0 aliphatic heterocycles. The molecule has 5 heteroatoms. The van der Waals surface area contributed by atoms with Gasteiger partial charge in [0.05, 0.1) is 19.6 Å². The molecular formula is C11H14O4S. The average Bonchev–Trinajstić information content (AvgIpc) is 2.26. The maximum Gasteiger partial charge on any atom is 0.306 e. The Kier molecular flexibility index (Phi) is 5.14. The molecule has 0 heterocycles. The van der Waals surface area contributed by atoms with Crippen molar-refractivity contribution < 1.29 is 19.7 Å². The van der Waals surface area contributed by atoms with Gasteiger partial charge in [-0.15, -0.1) is 11.8 Å². The van der Waals surface area contributed by atoms with Crippen LogP contribution in [0.3, 0.4) is 0 Å². The van der Waals surface area contributed by atoms with Gasteiger partial charge in [-0.2, -0.15) is 0 Å². The van der Waals surface area contributed by atoms with E-state index in [4.69, 9.17) is 9.84 Å². The number of methoxy groups -OCH3 is 1. The van der Waals surface area contributed by atoms with Crippen molar-refractivity contribution in [2.75, 3.05) is 12.9 Å². The van der Waals surface area contributed by atoms with Crippen molar-refractivity contribution in [2.45, 2.75) is 17.4 Å². The first-order valence-electron chi connectivity index (χ1n) is 4.78. The van der Waals surface area contributed by atoms with Crippen LogP contribution in [0.4, 0.5) is 0 Å². The number of benzene rings is 1. The number of carboxylic acid groups (broad SMARTS) is 1. The molecule has 0 bridgehead atoms. The number of thioether (sulfide) groups is 1. The van der Waals surface area contributed by atoms with Gasteiger partial charge in [0.1, 0.15) is 5.75 Å². The third-order valence-electron chi connectivity index (χ3n) is 1.89. The molecule has 1 aromatic carbocycles. The molecule has 0 amide bonds. The Labute approximate surface area is 98.2 Å². The van der Waals surface area contributed by atoms with Crippen LogP contribution in [-0.4, -0.2) is 35.1 Å². The van der Waals surface area contributed by atoms with Crippen LogP contribution in [0.25, 0.3) is 0 Å². The number of hydrogen-bond donors (Lipinski definition) is 2. The lowest BCUT2D eigenvalue weighted by Gasteiger charge is -2.08. The molecule has 0 aliphatic rings. The average molecular weight is 242 g/mol. The Morgan fingerprint density at radius 1 is 1.56 bits per heavy atom. The van der Waals surface area contributed by atoms with Gasteiger partial charge < -0.3 is 14.9 Å². The summed E-state index contributed by atoms with van der Waals surface area (Å²) in [5.74, 6) is 0.121. The SMILES string of the molecule is COc1cccc(SCC(O)CC(=O)O)c1. The summed E-state index contributed by atoms with van der Waals surface area (Å²) in [5.41, 5.74) is 0. The fraction of sp³-hybridized carbons (Fsp3) is 0.364. The summed E-state index contributed by atoms with van der Waals surface area (Å²) in [5, 5.41) is 17.8. The molecule has 16 heavy (non-hydrogen) atoms. The minimum atomic E-state index is -0.987. The van der Waals surface area contributed by atoms with Crippen LogP contribution in [-0.2, 0) is 4.79 Å². The number of carboxylic acids is 1. The van der Waals surface area contributed by atoms with E-state index in [2.05, 4.69) is 0 Å². The highest BCUT2D eigenvalue weighted by Crippen LogP contribution is 2.23. The zero-order valence-electron chi connectivity index (χ0n) is 8.92. The Bertz CT molecular complexity index is 354. The van der Waals surface area contributed by atoms with Crippen molar-refractivity contribution in [1.82, 2.24) is 0 Å². The summed E-state index contributed by atoms with van der Waals surface area (Å²) in [6, 6.07) is 7.42. The molecule has 1 unspecified atom stereocenters. The van der Waals surface area contributed by atoms with Gasteiger partial charge in [-0.3, -0.25) is 4.79 Å². The van der Waals surface area contributed by atoms with Crippen molar-refractivity contribution in [3.63, 3.8) is 0 Å². The van der Waals surface area contributed by atoms with E-state index in [-0.39, 0.29) is 6.42 Å². The highest BCUT2D eigenvalue weighted by atomic mass is 32.2. The number of hydrogen-bond acceptors (Lipinski definition) is 4. The molecule has 0 saturated heterocycles. The number of ether oxygens (including phenoxy) is 1. The van der Waals surface area contributed by atoms with Crippen molar-refractivity contribution in [2.24, 2.45) is 0 Å². The number of aliphatic carboxylic acids is 1. The topological polar surface area (TPSA) is 66.8 Å². The zero-order chi connectivity index (χ0) is 12.0. The molecule has 0 saturated carbocycles.